The van der Waals surface area contributed by atoms with Crippen molar-refractivity contribution in [3.63, 3.8) is 0 Å². The summed E-state index contributed by atoms with van der Waals surface area (Å²) in [5, 5.41) is 10.6. The first-order valence-corrected chi connectivity index (χ1v) is 6.90. The number of thiophene rings is 1. The molecule has 0 aliphatic carbocycles. The fourth-order valence-electron chi connectivity index (χ4n) is 1.19. The summed E-state index contributed by atoms with van der Waals surface area (Å²) >= 11 is 1.06. The number of rotatable bonds is 3. The van der Waals surface area contributed by atoms with E-state index in [-0.39, 0.29) is 9.90 Å². The van der Waals surface area contributed by atoms with Crippen molar-refractivity contribution in [3.8, 4) is 5.75 Å². The quantitative estimate of drug-likeness (QED) is 0.844. The number of nitrogens with one attached hydrogen (secondary N) is 1. The summed E-state index contributed by atoms with van der Waals surface area (Å²) in [5.41, 5.74) is 0.0636. The van der Waals surface area contributed by atoms with Crippen LogP contribution in [0.5, 0.6) is 5.75 Å². The normalized spacial score (nSPS) is 11.4. The van der Waals surface area contributed by atoms with Crippen molar-refractivity contribution < 1.29 is 17.9 Å². The molecule has 0 fully saturated rings. The van der Waals surface area contributed by atoms with Gasteiger partial charge in [-0.3, -0.25) is 4.72 Å². The van der Waals surface area contributed by atoms with Crippen LogP contribution in [0, 0.1) is 5.82 Å². The Morgan fingerprint density at radius 1 is 1.29 bits per heavy atom. The predicted molar refractivity (Wildman–Crippen MR) is 63.2 cm³/mol. The topological polar surface area (TPSA) is 66.4 Å². The molecule has 90 valence electrons. The summed E-state index contributed by atoms with van der Waals surface area (Å²) < 4.78 is 38.9. The highest BCUT2D eigenvalue weighted by Gasteiger charge is 2.15. The smallest absolute Gasteiger partial charge is 0.271 e. The third-order valence-electron chi connectivity index (χ3n) is 1.96. The van der Waals surface area contributed by atoms with E-state index in [0.717, 1.165) is 23.5 Å². The van der Waals surface area contributed by atoms with Gasteiger partial charge < -0.3 is 5.11 Å². The number of phenolic OH excluding ortho intramolecular Hbond substituents is 1. The van der Waals surface area contributed by atoms with E-state index in [1.54, 1.807) is 11.4 Å². The fourth-order valence-corrected chi connectivity index (χ4v) is 3.23. The molecule has 0 saturated heterocycles. The molecule has 0 bridgehead atoms. The summed E-state index contributed by atoms with van der Waals surface area (Å²) in [6.45, 7) is 0. The van der Waals surface area contributed by atoms with Gasteiger partial charge in [0.25, 0.3) is 10.0 Å². The Kier molecular flexibility index (Phi) is 3.03. The van der Waals surface area contributed by atoms with Crippen molar-refractivity contribution >= 4 is 27.0 Å². The second-order valence-corrected chi connectivity index (χ2v) is 6.06. The highest BCUT2D eigenvalue weighted by Crippen LogP contribution is 2.23. The lowest BCUT2D eigenvalue weighted by molar-refractivity contribution is 0.432. The lowest BCUT2D eigenvalue weighted by Crippen LogP contribution is -2.11. The van der Waals surface area contributed by atoms with Crippen LogP contribution in [-0.2, 0) is 10.0 Å². The van der Waals surface area contributed by atoms with Crippen LogP contribution in [0.25, 0.3) is 0 Å². The van der Waals surface area contributed by atoms with Crippen LogP contribution in [0.3, 0.4) is 0 Å². The standard InChI is InChI=1S/C10H8FNO3S2/c11-8-6-7(3-4-9(8)13)12-17(14,15)10-2-1-5-16-10/h1-6,12-13H. The van der Waals surface area contributed by atoms with E-state index < -0.39 is 21.6 Å². The first-order valence-electron chi connectivity index (χ1n) is 4.54. The van der Waals surface area contributed by atoms with Gasteiger partial charge in [0, 0.05) is 6.07 Å². The number of phenols is 1. The molecule has 0 aliphatic heterocycles. The molecular weight excluding hydrogens is 265 g/mol. The predicted octanol–water partition coefficient (Wildman–Crippen LogP) is 2.39. The number of hydrogen-bond donors (Lipinski definition) is 2. The molecule has 1 aromatic carbocycles. The van der Waals surface area contributed by atoms with Crippen LogP contribution in [0.1, 0.15) is 0 Å². The van der Waals surface area contributed by atoms with Gasteiger partial charge in [0.05, 0.1) is 5.69 Å². The molecule has 4 nitrogen and oxygen atoms in total. The van der Waals surface area contributed by atoms with E-state index in [1.807, 2.05) is 0 Å². The van der Waals surface area contributed by atoms with Crippen molar-refractivity contribution in [1.29, 1.82) is 0 Å². The van der Waals surface area contributed by atoms with Gasteiger partial charge in [-0.15, -0.1) is 11.3 Å². The van der Waals surface area contributed by atoms with Crippen molar-refractivity contribution in [2.75, 3.05) is 4.72 Å². The lowest BCUT2D eigenvalue weighted by Gasteiger charge is -2.06. The average Bonchev–Trinajstić information content (AvgIpc) is 2.77. The number of anilines is 1. The van der Waals surface area contributed by atoms with Crippen molar-refractivity contribution in [2.45, 2.75) is 4.21 Å². The fraction of sp³-hybridized carbons (Fsp3) is 0. The minimum atomic E-state index is -3.68. The molecule has 7 heteroatoms. The van der Waals surface area contributed by atoms with Gasteiger partial charge in [-0.25, -0.2) is 12.8 Å². The van der Waals surface area contributed by atoms with Crippen LogP contribution in [0.2, 0.25) is 0 Å². The zero-order valence-electron chi connectivity index (χ0n) is 8.42. The van der Waals surface area contributed by atoms with E-state index in [0.29, 0.717) is 0 Å². The summed E-state index contributed by atoms with van der Waals surface area (Å²) in [6, 6.07) is 6.34. The van der Waals surface area contributed by atoms with Gasteiger partial charge in [-0.1, -0.05) is 6.07 Å². The number of aromatic hydroxyl groups is 1. The van der Waals surface area contributed by atoms with Gasteiger partial charge in [0.1, 0.15) is 4.21 Å². The van der Waals surface area contributed by atoms with Crippen LogP contribution in [0.15, 0.2) is 39.9 Å². The summed E-state index contributed by atoms with van der Waals surface area (Å²) in [6.07, 6.45) is 0. The molecule has 0 amide bonds. The third-order valence-corrected chi connectivity index (χ3v) is 4.74. The van der Waals surface area contributed by atoms with Gasteiger partial charge in [-0.05, 0) is 23.6 Å². The summed E-state index contributed by atoms with van der Waals surface area (Å²) in [5.74, 6) is -1.40. The van der Waals surface area contributed by atoms with E-state index in [2.05, 4.69) is 4.72 Å². The average molecular weight is 273 g/mol. The van der Waals surface area contributed by atoms with Gasteiger partial charge in [0.2, 0.25) is 0 Å². The number of halogens is 1. The highest BCUT2D eigenvalue weighted by atomic mass is 32.2. The molecule has 17 heavy (non-hydrogen) atoms. The lowest BCUT2D eigenvalue weighted by atomic mass is 10.3. The monoisotopic (exact) mass is 273 g/mol. The Morgan fingerprint density at radius 2 is 2.06 bits per heavy atom. The van der Waals surface area contributed by atoms with E-state index in [4.69, 9.17) is 5.11 Å². The molecular formula is C10H8FNO3S2. The van der Waals surface area contributed by atoms with Crippen LogP contribution in [-0.4, -0.2) is 13.5 Å². The molecule has 0 unspecified atom stereocenters. The molecule has 2 aromatic rings. The Bertz CT molecular complexity index is 623. The van der Waals surface area contributed by atoms with E-state index >= 15 is 0 Å². The highest BCUT2D eigenvalue weighted by molar-refractivity contribution is 7.94. The molecule has 1 aromatic heterocycles. The molecule has 0 atom stereocenters. The first-order chi connectivity index (χ1) is 7.99. The number of hydrogen-bond acceptors (Lipinski definition) is 4. The third kappa shape index (κ3) is 2.56. The van der Waals surface area contributed by atoms with E-state index in [1.165, 1.54) is 12.1 Å². The Balaban J connectivity index is 2.30. The first kappa shape index (κ1) is 11.9. The van der Waals surface area contributed by atoms with Gasteiger partial charge in [-0.2, -0.15) is 0 Å². The number of benzene rings is 1. The molecule has 0 spiro atoms. The summed E-state index contributed by atoms with van der Waals surface area (Å²) in [7, 11) is -3.68. The largest absolute Gasteiger partial charge is 0.505 e. The second-order valence-electron chi connectivity index (χ2n) is 3.20. The Labute approximate surface area is 101 Å². The van der Waals surface area contributed by atoms with E-state index in [9.17, 15) is 12.8 Å². The van der Waals surface area contributed by atoms with Gasteiger partial charge >= 0.3 is 0 Å². The zero-order chi connectivity index (χ0) is 12.5. The van der Waals surface area contributed by atoms with Crippen molar-refractivity contribution in [2.24, 2.45) is 0 Å². The Hall–Kier alpha value is -1.60. The minimum absolute atomic E-state index is 0.0636. The van der Waals surface area contributed by atoms with Crippen LogP contribution < -0.4 is 4.72 Å². The molecule has 0 saturated carbocycles. The van der Waals surface area contributed by atoms with Crippen molar-refractivity contribution in [3.05, 3.63) is 41.5 Å². The maximum atomic E-state index is 13.0. The molecule has 2 rings (SSSR count). The SMILES string of the molecule is O=S(=O)(Nc1ccc(O)c(F)c1)c1cccs1. The molecule has 0 aliphatic rings. The zero-order valence-corrected chi connectivity index (χ0v) is 10.1. The Morgan fingerprint density at radius 3 is 2.65 bits per heavy atom. The maximum absolute atomic E-state index is 13.0. The second kappa shape index (κ2) is 4.34. The van der Waals surface area contributed by atoms with Crippen molar-refractivity contribution in [1.82, 2.24) is 0 Å². The van der Waals surface area contributed by atoms with Crippen LogP contribution in [0.4, 0.5) is 10.1 Å². The molecule has 2 N–H and O–H groups in total. The molecule has 1 heterocycles. The maximum Gasteiger partial charge on any atom is 0.271 e. The number of sulfonamides is 1. The van der Waals surface area contributed by atoms with Gasteiger partial charge in [0.15, 0.2) is 11.6 Å². The summed E-state index contributed by atoms with van der Waals surface area (Å²) in [4.78, 5) is 0. The minimum Gasteiger partial charge on any atom is -0.505 e. The molecule has 0 radical (unpaired) electrons. The van der Waals surface area contributed by atoms with Crippen LogP contribution >= 0.6 is 11.3 Å².